The maximum Gasteiger partial charge on any atom is 0.313 e. The van der Waals surface area contributed by atoms with E-state index in [0.717, 1.165) is 0 Å². The van der Waals surface area contributed by atoms with Crippen molar-refractivity contribution in [2.24, 2.45) is 11.8 Å². The molecular weight excluding hydrogens is 176 g/mol. The van der Waals surface area contributed by atoms with Gasteiger partial charge in [-0.05, 0) is 5.92 Å². The summed E-state index contributed by atoms with van der Waals surface area (Å²) in [5.41, 5.74) is 0. The minimum atomic E-state index is -3.94. The van der Waals surface area contributed by atoms with Gasteiger partial charge in [0.25, 0.3) is 0 Å². The molecule has 1 N–H and O–H groups in total. The van der Waals surface area contributed by atoms with E-state index >= 15 is 0 Å². The molecule has 0 aromatic rings. The van der Waals surface area contributed by atoms with Gasteiger partial charge in [-0.25, -0.2) is 0 Å². The summed E-state index contributed by atoms with van der Waals surface area (Å²) in [6.45, 7) is 0.865. The highest BCUT2D eigenvalue weighted by Gasteiger charge is 2.72. The molecule has 1 unspecified atom stereocenters. The van der Waals surface area contributed by atoms with Gasteiger partial charge in [0.15, 0.2) is 0 Å². The van der Waals surface area contributed by atoms with Crippen LogP contribution in [0, 0.1) is 11.8 Å². The number of hydrogen-bond acceptors (Lipinski definition) is 1. The van der Waals surface area contributed by atoms with E-state index in [1.165, 1.54) is 6.92 Å². The Bertz CT molecular complexity index is 180. The van der Waals surface area contributed by atoms with Crippen LogP contribution in [0.1, 0.15) is 13.3 Å². The molecule has 0 aromatic heterocycles. The van der Waals surface area contributed by atoms with E-state index in [-0.39, 0.29) is 0 Å². The molecular formula is C7H10F4O. The Morgan fingerprint density at radius 3 is 2.17 bits per heavy atom. The van der Waals surface area contributed by atoms with Crippen molar-refractivity contribution in [1.29, 1.82) is 0 Å². The van der Waals surface area contributed by atoms with Crippen molar-refractivity contribution in [3.63, 3.8) is 0 Å². The van der Waals surface area contributed by atoms with Crippen LogP contribution in [0.25, 0.3) is 0 Å². The highest BCUT2D eigenvalue weighted by Crippen LogP contribution is 2.57. The number of rotatable bonds is 2. The Balaban J connectivity index is 2.65. The van der Waals surface area contributed by atoms with Gasteiger partial charge in [0.2, 0.25) is 0 Å². The van der Waals surface area contributed by atoms with Crippen LogP contribution in [0.3, 0.4) is 0 Å². The van der Waals surface area contributed by atoms with Gasteiger partial charge in [0, 0.05) is 18.9 Å². The van der Waals surface area contributed by atoms with E-state index in [4.69, 9.17) is 5.11 Å². The number of halogens is 4. The lowest BCUT2D eigenvalue weighted by atomic mass is 9.70. The van der Waals surface area contributed by atoms with Crippen molar-refractivity contribution in [2.45, 2.75) is 25.2 Å². The summed E-state index contributed by atoms with van der Waals surface area (Å²) in [6.07, 6.45) is -0.818. The zero-order chi connectivity index (χ0) is 9.57. The molecule has 0 amide bonds. The molecule has 0 saturated heterocycles. The maximum atomic E-state index is 12.6. The Morgan fingerprint density at radius 2 is 1.92 bits per heavy atom. The molecule has 0 bridgehead atoms. The predicted octanol–water partition coefficient (Wildman–Crippen LogP) is 1.91. The summed E-state index contributed by atoms with van der Waals surface area (Å²) in [5, 5.41) is 8.49. The van der Waals surface area contributed by atoms with Crippen LogP contribution < -0.4 is 0 Å². The number of aliphatic hydroxyl groups is 1. The summed E-state index contributed by atoms with van der Waals surface area (Å²) >= 11 is 0. The summed E-state index contributed by atoms with van der Waals surface area (Å²) < 4.78 is 49.6. The third kappa shape index (κ3) is 1.11. The van der Waals surface area contributed by atoms with Crippen LogP contribution in [0.2, 0.25) is 0 Å². The maximum absolute atomic E-state index is 12.6. The number of hydrogen-bond donors (Lipinski definition) is 1. The molecule has 0 aromatic carbocycles. The average Bonchev–Trinajstić information content (AvgIpc) is 1.99. The standard InChI is InChI=1S/C7H10F4O/c1-4(3-12)5-2-6(8,9)7(5,10)11/h4-5,12H,2-3H2,1H3/t4-,5?/m1/s1. The van der Waals surface area contributed by atoms with Crippen LogP contribution in [-0.4, -0.2) is 23.6 Å². The Morgan fingerprint density at radius 1 is 1.42 bits per heavy atom. The molecule has 5 heteroatoms. The molecule has 72 valence electrons. The molecule has 0 spiro atoms. The van der Waals surface area contributed by atoms with Gasteiger partial charge < -0.3 is 5.11 Å². The lowest BCUT2D eigenvalue weighted by Crippen LogP contribution is -2.61. The van der Waals surface area contributed by atoms with Gasteiger partial charge >= 0.3 is 11.8 Å². The first-order valence-corrected chi connectivity index (χ1v) is 3.69. The third-order valence-corrected chi connectivity index (χ3v) is 2.40. The zero-order valence-electron chi connectivity index (χ0n) is 6.53. The first-order chi connectivity index (χ1) is 5.33. The fourth-order valence-electron chi connectivity index (χ4n) is 1.37. The monoisotopic (exact) mass is 186 g/mol. The normalized spacial score (nSPS) is 34.0. The highest BCUT2D eigenvalue weighted by molar-refractivity contribution is 5.04. The molecule has 1 nitrogen and oxygen atoms in total. The van der Waals surface area contributed by atoms with E-state index in [1.54, 1.807) is 0 Å². The first kappa shape index (κ1) is 9.77. The molecule has 1 aliphatic rings. The highest BCUT2D eigenvalue weighted by atomic mass is 19.3. The minimum Gasteiger partial charge on any atom is -0.396 e. The Kier molecular flexibility index (Phi) is 2.10. The fourth-order valence-corrected chi connectivity index (χ4v) is 1.37. The van der Waals surface area contributed by atoms with Gasteiger partial charge in [-0.2, -0.15) is 17.6 Å². The van der Waals surface area contributed by atoms with Gasteiger partial charge in [-0.15, -0.1) is 0 Å². The largest absolute Gasteiger partial charge is 0.396 e. The summed E-state index contributed by atoms with van der Waals surface area (Å²) in [7, 11) is 0. The molecule has 0 aliphatic heterocycles. The molecule has 1 saturated carbocycles. The number of alkyl halides is 4. The average molecular weight is 186 g/mol. The van der Waals surface area contributed by atoms with Crippen LogP contribution in [-0.2, 0) is 0 Å². The van der Waals surface area contributed by atoms with Crippen molar-refractivity contribution in [2.75, 3.05) is 6.61 Å². The zero-order valence-corrected chi connectivity index (χ0v) is 6.53. The van der Waals surface area contributed by atoms with Gasteiger partial charge in [-0.3, -0.25) is 0 Å². The molecule has 0 radical (unpaired) electrons. The molecule has 12 heavy (non-hydrogen) atoms. The van der Waals surface area contributed by atoms with E-state index in [0.29, 0.717) is 0 Å². The summed E-state index contributed by atoms with van der Waals surface area (Å²) in [4.78, 5) is 0. The van der Waals surface area contributed by atoms with E-state index in [9.17, 15) is 17.6 Å². The van der Waals surface area contributed by atoms with Gasteiger partial charge in [0.05, 0.1) is 0 Å². The third-order valence-electron chi connectivity index (χ3n) is 2.40. The lowest BCUT2D eigenvalue weighted by Gasteiger charge is -2.46. The van der Waals surface area contributed by atoms with E-state index in [2.05, 4.69) is 0 Å². The SMILES string of the molecule is C[C@H](CO)C1CC(F)(F)C1(F)F. The van der Waals surface area contributed by atoms with Crippen molar-refractivity contribution in [1.82, 2.24) is 0 Å². The van der Waals surface area contributed by atoms with Crippen LogP contribution >= 0.6 is 0 Å². The second-order valence-corrected chi connectivity index (χ2v) is 3.30. The quantitative estimate of drug-likeness (QED) is 0.653. The van der Waals surface area contributed by atoms with E-state index in [1.807, 2.05) is 0 Å². The van der Waals surface area contributed by atoms with Crippen LogP contribution in [0.15, 0.2) is 0 Å². The predicted molar refractivity (Wildman–Crippen MR) is 34.3 cm³/mol. The second kappa shape index (κ2) is 2.58. The Labute approximate surface area is 67.4 Å². The van der Waals surface area contributed by atoms with Gasteiger partial charge in [-0.1, -0.05) is 6.92 Å². The second-order valence-electron chi connectivity index (χ2n) is 3.30. The minimum absolute atomic E-state index is 0.476. The number of aliphatic hydroxyl groups excluding tert-OH is 1. The van der Waals surface area contributed by atoms with Crippen LogP contribution in [0.4, 0.5) is 17.6 Å². The van der Waals surface area contributed by atoms with Crippen molar-refractivity contribution < 1.29 is 22.7 Å². The van der Waals surface area contributed by atoms with Crippen LogP contribution in [0.5, 0.6) is 0 Å². The molecule has 1 fully saturated rings. The Hall–Kier alpha value is -0.320. The van der Waals surface area contributed by atoms with Gasteiger partial charge in [0.1, 0.15) is 0 Å². The fraction of sp³-hybridized carbons (Fsp3) is 1.00. The summed E-state index contributed by atoms with van der Waals surface area (Å²) in [6, 6.07) is 0. The molecule has 0 heterocycles. The molecule has 1 rings (SSSR count). The molecule has 1 aliphatic carbocycles. The molecule has 2 atom stereocenters. The smallest absolute Gasteiger partial charge is 0.313 e. The van der Waals surface area contributed by atoms with Crippen molar-refractivity contribution in [3.05, 3.63) is 0 Å². The lowest BCUT2D eigenvalue weighted by molar-refractivity contribution is -0.324. The van der Waals surface area contributed by atoms with E-state index < -0.39 is 36.7 Å². The topological polar surface area (TPSA) is 20.2 Å². The summed E-state index contributed by atoms with van der Waals surface area (Å²) in [5.74, 6) is -9.95. The van der Waals surface area contributed by atoms with Crippen molar-refractivity contribution >= 4 is 0 Å². The first-order valence-electron chi connectivity index (χ1n) is 3.69. The van der Waals surface area contributed by atoms with Crippen molar-refractivity contribution in [3.8, 4) is 0 Å².